The number of carbonyl (C=O) groups excluding carboxylic acids is 1. The van der Waals surface area contributed by atoms with E-state index in [9.17, 15) is 14.9 Å². The number of amides is 1. The second kappa shape index (κ2) is 5.87. The second-order valence-corrected chi connectivity index (χ2v) is 4.99. The predicted molar refractivity (Wildman–Crippen MR) is 75.4 cm³/mol. The van der Waals surface area contributed by atoms with Crippen molar-refractivity contribution in [1.82, 2.24) is 5.32 Å². The highest BCUT2D eigenvalue weighted by Crippen LogP contribution is 2.26. The molecule has 0 saturated carbocycles. The molecule has 1 aromatic carbocycles. The molecular weight excluding hydrogens is 328 g/mol. The van der Waals surface area contributed by atoms with Crippen LogP contribution in [0.5, 0.6) is 0 Å². The van der Waals surface area contributed by atoms with Crippen molar-refractivity contribution in [3.63, 3.8) is 0 Å². The van der Waals surface area contributed by atoms with Gasteiger partial charge >= 0.3 is 0 Å². The molecule has 0 unspecified atom stereocenters. The van der Waals surface area contributed by atoms with Crippen molar-refractivity contribution in [3.05, 3.63) is 62.5 Å². The maximum absolute atomic E-state index is 12.0. The Kier molecular flexibility index (Phi) is 4.19. The lowest BCUT2D eigenvalue weighted by molar-refractivity contribution is -0.385. The molecule has 104 valence electrons. The Morgan fingerprint density at radius 2 is 2.20 bits per heavy atom. The third kappa shape index (κ3) is 3.05. The lowest BCUT2D eigenvalue weighted by Gasteiger charge is -2.11. The molecule has 2 rings (SSSR count). The fourth-order valence-corrected chi connectivity index (χ4v) is 2.07. The van der Waals surface area contributed by atoms with Gasteiger partial charge in [-0.25, -0.2) is 0 Å². The van der Waals surface area contributed by atoms with Crippen molar-refractivity contribution in [2.24, 2.45) is 0 Å². The standard InChI is InChI=1S/C13H11BrN2O4/c1-8(12-3-2-6-20-12)15-13(17)9-4-5-10(14)11(7-9)16(18)19/h2-8H,1H3,(H,15,17)/t8-/m0/s1. The summed E-state index contributed by atoms with van der Waals surface area (Å²) in [5.41, 5.74) is 0.0709. The van der Waals surface area contributed by atoms with Crippen molar-refractivity contribution in [2.45, 2.75) is 13.0 Å². The minimum atomic E-state index is -0.545. The lowest BCUT2D eigenvalue weighted by Crippen LogP contribution is -2.26. The van der Waals surface area contributed by atoms with Crippen LogP contribution in [-0.4, -0.2) is 10.8 Å². The molecular formula is C13H11BrN2O4. The van der Waals surface area contributed by atoms with Crippen LogP contribution in [0.3, 0.4) is 0 Å². The molecule has 0 spiro atoms. The van der Waals surface area contributed by atoms with Gasteiger partial charge in [-0.1, -0.05) is 0 Å². The molecule has 0 aliphatic carbocycles. The van der Waals surface area contributed by atoms with Crippen LogP contribution in [0.1, 0.15) is 29.1 Å². The van der Waals surface area contributed by atoms with Crippen LogP contribution < -0.4 is 5.32 Å². The van der Waals surface area contributed by atoms with Crippen LogP contribution in [0, 0.1) is 10.1 Å². The summed E-state index contributed by atoms with van der Waals surface area (Å²) in [5.74, 6) is 0.217. The van der Waals surface area contributed by atoms with Crippen molar-refractivity contribution in [3.8, 4) is 0 Å². The minimum Gasteiger partial charge on any atom is -0.467 e. The smallest absolute Gasteiger partial charge is 0.284 e. The van der Waals surface area contributed by atoms with Gasteiger partial charge in [0.1, 0.15) is 5.76 Å². The van der Waals surface area contributed by atoms with E-state index in [4.69, 9.17) is 4.42 Å². The molecule has 6 nitrogen and oxygen atoms in total. The number of carbonyl (C=O) groups is 1. The van der Waals surface area contributed by atoms with Gasteiger partial charge in [-0.2, -0.15) is 0 Å². The molecule has 1 heterocycles. The highest BCUT2D eigenvalue weighted by atomic mass is 79.9. The molecule has 0 bridgehead atoms. The second-order valence-electron chi connectivity index (χ2n) is 4.13. The Morgan fingerprint density at radius 3 is 2.80 bits per heavy atom. The Labute approximate surface area is 123 Å². The first kappa shape index (κ1) is 14.3. The van der Waals surface area contributed by atoms with Crippen molar-refractivity contribution in [2.75, 3.05) is 0 Å². The van der Waals surface area contributed by atoms with E-state index in [2.05, 4.69) is 21.2 Å². The number of nitrogens with zero attached hydrogens (tertiary/aromatic N) is 1. The van der Waals surface area contributed by atoms with Crippen molar-refractivity contribution in [1.29, 1.82) is 0 Å². The van der Waals surface area contributed by atoms with Gasteiger partial charge in [0.25, 0.3) is 11.6 Å². The Balaban J connectivity index is 2.17. The first-order valence-corrected chi connectivity index (χ1v) is 6.56. The third-order valence-electron chi connectivity index (χ3n) is 2.72. The summed E-state index contributed by atoms with van der Waals surface area (Å²) in [6.07, 6.45) is 1.52. The largest absolute Gasteiger partial charge is 0.467 e. The zero-order valence-corrected chi connectivity index (χ0v) is 12.1. The average Bonchev–Trinajstić information content (AvgIpc) is 2.92. The number of rotatable bonds is 4. The normalized spacial score (nSPS) is 11.9. The maximum atomic E-state index is 12.0. The highest BCUT2D eigenvalue weighted by Gasteiger charge is 2.18. The fourth-order valence-electron chi connectivity index (χ4n) is 1.68. The van der Waals surface area contributed by atoms with E-state index in [0.717, 1.165) is 0 Å². The quantitative estimate of drug-likeness (QED) is 0.683. The average molecular weight is 339 g/mol. The molecule has 7 heteroatoms. The third-order valence-corrected chi connectivity index (χ3v) is 3.39. The fraction of sp³-hybridized carbons (Fsp3) is 0.154. The molecule has 0 aliphatic heterocycles. The number of halogens is 1. The summed E-state index contributed by atoms with van der Waals surface area (Å²) >= 11 is 3.07. The zero-order valence-electron chi connectivity index (χ0n) is 10.5. The SMILES string of the molecule is C[C@H](NC(=O)c1ccc(Br)c([N+](=O)[O-])c1)c1ccco1. The molecule has 20 heavy (non-hydrogen) atoms. The van der Waals surface area contributed by atoms with E-state index in [1.807, 2.05) is 0 Å². The summed E-state index contributed by atoms with van der Waals surface area (Å²) in [6.45, 7) is 1.77. The lowest BCUT2D eigenvalue weighted by atomic mass is 10.1. The van der Waals surface area contributed by atoms with Gasteiger partial charge in [0.05, 0.1) is 21.7 Å². The maximum Gasteiger partial charge on any atom is 0.284 e. The number of nitro groups is 1. The van der Waals surface area contributed by atoms with Gasteiger partial charge in [0, 0.05) is 11.6 Å². The summed E-state index contributed by atoms with van der Waals surface area (Å²) in [7, 11) is 0. The Bertz CT molecular complexity index is 640. The van der Waals surface area contributed by atoms with E-state index in [1.165, 1.54) is 24.5 Å². The number of benzene rings is 1. The van der Waals surface area contributed by atoms with Crippen LogP contribution in [-0.2, 0) is 0 Å². The van der Waals surface area contributed by atoms with Crippen LogP contribution in [0.2, 0.25) is 0 Å². The summed E-state index contributed by atoms with van der Waals surface area (Å²) < 4.78 is 5.51. The van der Waals surface area contributed by atoms with E-state index in [-0.39, 0.29) is 17.3 Å². The monoisotopic (exact) mass is 338 g/mol. The van der Waals surface area contributed by atoms with Gasteiger partial charge < -0.3 is 9.73 Å². The highest BCUT2D eigenvalue weighted by molar-refractivity contribution is 9.10. The van der Waals surface area contributed by atoms with Crippen molar-refractivity contribution < 1.29 is 14.1 Å². The molecule has 0 saturated heterocycles. The first-order chi connectivity index (χ1) is 9.49. The summed E-state index contributed by atoms with van der Waals surface area (Å²) in [5, 5.41) is 13.5. The zero-order chi connectivity index (χ0) is 14.7. The van der Waals surface area contributed by atoms with Gasteiger partial charge in [-0.3, -0.25) is 14.9 Å². The molecule has 1 N–H and O–H groups in total. The molecule has 1 atom stereocenters. The predicted octanol–water partition coefficient (Wildman–Crippen LogP) is 3.44. The molecule has 0 aliphatic rings. The number of nitro benzene ring substituents is 1. The van der Waals surface area contributed by atoms with Gasteiger partial charge in [-0.05, 0) is 47.1 Å². The molecule has 2 aromatic rings. The van der Waals surface area contributed by atoms with Crippen molar-refractivity contribution >= 4 is 27.5 Å². The summed E-state index contributed by atoms with van der Waals surface area (Å²) in [6, 6.07) is 7.37. The Morgan fingerprint density at radius 1 is 1.45 bits per heavy atom. The topological polar surface area (TPSA) is 85.4 Å². The van der Waals surface area contributed by atoms with E-state index >= 15 is 0 Å². The van der Waals surface area contributed by atoms with Gasteiger partial charge in [0.15, 0.2) is 0 Å². The van der Waals surface area contributed by atoms with Gasteiger partial charge in [-0.15, -0.1) is 0 Å². The van der Waals surface area contributed by atoms with E-state index in [1.54, 1.807) is 19.1 Å². The van der Waals surface area contributed by atoms with Crippen LogP contribution >= 0.6 is 15.9 Å². The number of hydrogen-bond donors (Lipinski definition) is 1. The molecule has 1 amide bonds. The van der Waals surface area contributed by atoms with Crippen LogP contribution in [0.25, 0.3) is 0 Å². The molecule has 0 fully saturated rings. The molecule has 0 radical (unpaired) electrons. The van der Waals surface area contributed by atoms with Gasteiger partial charge in [0.2, 0.25) is 0 Å². The number of hydrogen-bond acceptors (Lipinski definition) is 4. The number of nitrogens with one attached hydrogen (secondary N) is 1. The van der Waals surface area contributed by atoms with Crippen LogP contribution in [0.15, 0.2) is 45.5 Å². The molecule has 1 aromatic heterocycles. The summed E-state index contributed by atoms with van der Waals surface area (Å²) in [4.78, 5) is 22.3. The van der Waals surface area contributed by atoms with E-state index < -0.39 is 10.8 Å². The number of furan rings is 1. The Hall–Kier alpha value is -2.15. The van der Waals surface area contributed by atoms with E-state index in [0.29, 0.717) is 10.2 Å². The minimum absolute atomic E-state index is 0.150. The van der Waals surface area contributed by atoms with Crippen LogP contribution in [0.4, 0.5) is 5.69 Å². The first-order valence-electron chi connectivity index (χ1n) is 5.77.